The molecule has 3 atom stereocenters. The van der Waals surface area contributed by atoms with Crippen LogP contribution in [0, 0.1) is 0 Å². The number of aromatic nitrogens is 2. The van der Waals surface area contributed by atoms with Gasteiger partial charge in [-0.25, -0.2) is 0 Å². The molecule has 0 saturated carbocycles. The first-order valence-electron chi connectivity index (χ1n) is 10.0. The van der Waals surface area contributed by atoms with E-state index in [1.807, 2.05) is 6.07 Å². The van der Waals surface area contributed by atoms with Crippen LogP contribution >= 0.6 is 0 Å². The van der Waals surface area contributed by atoms with Crippen LogP contribution in [0.1, 0.15) is 51.0 Å². The van der Waals surface area contributed by atoms with Gasteiger partial charge in [-0.15, -0.1) is 0 Å². The Hall–Kier alpha value is -3.16. The van der Waals surface area contributed by atoms with E-state index in [1.54, 1.807) is 24.3 Å². The quantitative estimate of drug-likeness (QED) is 0.741. The summed E-state index contributed by atoms with van der Waals surface area (Å²) in [6.45, 7) is 4.20. The van der Waals surface area contributed by atoms with Crippen molar-refractivity contribution in [2.24, 2.45) is 0 Å². The van der Waals surface area contributed by atoms with Gasteiger partial charge in [0.15, 0.2) is 0 Å². The third-order valence-corrected chi connectivity index (χ3v) is 5.73. The van der Waals surface area contributed by atoms with Gasteiger partial charge in [-0.3, -0.25) is 19.4 Å². The third-order valence-electron chi connectivity index (χ3n) is 5.73. The van der Waals surface area contributed by atoms with Gasteiger partial charge in [0, 0.05) is 24.2 Å². The molecule has 3 unspecified atom stereocenters. The number of hydrogen-bond donors (Lipinski definition) is 3. The van der Waals surface area contributed by atoms with Gasteiger partial charge in [-0.05, 0) is 45.2 Å². The smallest absolute Gasteiger partial charge is 0.258 e. The minimum absolute atomic E-state index is 0.0910. The molecule has 3 heterocycles. The predicted molar refractivity (Wildman–Crippen MR) is 111 cm³/mol. The minimum Gasteiger partial charge on any atom is -0.337 e. The Morgan fingerprint density at radius 3 is 2.52 bits per heavy atom. The fourth-order valence-electron chi connectivity index (χ4n) is 4.30. The van der Waals surface area contributed by atoms with Gasteiger partial charge in [0.05, 0.1) is 11.5 Å². The van der Waals surface area contributed by atoms with E-state index in [1.165, 1.54) is 0 Å². The summed E-state index contributed by atoms with van der Waals surface area (Å²) in [6, 6.07) is 9.43. The SMILES string of the molecule is CC1CCCC(C)N1c1nc2c(c(=O)[nH]1)C(C(=O)Nc1ccccc1)CC(=O)N2. The van der Waals surface area contributed by atoms with E-state index >= 15 is 0 Å². The number of aromatic amines is 1. The number of H-pyrrole nitrogens is 1. The molecule has 2 aromatic rings. The molecule has 1 saturated heterocycles. The van der Waals surface area contributed by atoms with Crippen molar-refractivity contribution in [1.82, 2.24) is 9.97 Å². The molecule has 1 aromatic carbocycles. The van der Waals surface area contributed by atoms with E-state index in [-0.39, 0.29) is 41.4 Å². The largest absolute Gasteiger partial charge is 0.337 e. The average Bonchev–Trinajstić information content (AvgIpc) is 2.67. The van der Waals surface area contributed by atoms with Crippen LogP contribution in [0.3, 0.4) is 0 Å². The normalized spacial score (nSPS) is 23.9. The monoisotopic (exact) mass is 395 g/mol. The summed E-state index contributed by atoms with van der Waals surface area (Å²) in [5.74, 6) is -0.988. The average molecular weight is 395 g/mol. The number of amides is 2. The lowest BCUT2D eigenvalue weighted by molar-refractivity contribution is -0.123. The zero-order valence-corrected chi connectivity index (χ0v) is 16.6. The Morgan fingerprint density at radius 1 is 1.14 bits per heavy atom. The molecule has 0 spiro atoms. The number of anilines is 3. The van der Waals surface area contributed by atoms with E-state index in [9.17, 15) is 14.4 Å². The fraction of sp³-hybridized carbons (Fsp3) is 0.429. The molecule has 2 amide bonds. The van der Waals surface area contributed by atoms with Gasteiger partial charge in [-0.2, -0.15) is 4.98 Å². The topological polar surface area (TPSA) is 107 Å². The summed E-state index contributed by atoms with van der Waals surface area (Å²) in [5.41, 5.74) is 0.435. The number of hydrogen-bond acceptors (Lipinski definition) is 5. The highest BCUT2D eigenvalue weighted by Gasteiger charge is 2.36. The van der Waals surface area contributed by atoms with Crippen LogP contribution in [0.15, 0.2) is 35.1 Å². The van der Waals surface area contributed by atoms with E-state index in [4.69, 9.17) is 0 Å². The number of carbonyl (C=O) groups is 2. The van der Waals surface area contributed by atoms with Crippen LogP contribution in [0.25, 0.3) is 0 Å². The minimum atomic E-state index is -0.888. The third kappa shape index (κ3) is 3.74. The van der Waals surface area contributed by atoms with Crippen molar-refractivity contribution in [3.63, 3.8) is 0 Å². The van der Waals surface area contributed by atoms with Crippen molar-refractivity contribution in [2.75, 3.05) is 15.5 Å². The molecule has 1 fully saturated rings. The number of nitrogens with zero attached hydrogens (tertiary/aromatic N) is 2. The van der Waals surface area contributed by atoms with Crippen molar-refractivity contribution in [1.29, 1.82) is 0 Å². The zero-order valence-electron chi connectivity index (χ0n) is 16.6. The lowest BCUT2D eigenvalue weighted by Gasteiger charge is -2.39. The van der Waals surface area contributed by atoms with Gasteiger partial charge >= 0.3 is 0 Å². The van der Waals surface area contributed by atoms with E-state index < -0.39 is 11.8 Å². The van der Waals surface area contributed by atoms with Crippen molar-refractivity contribution in [3.05, 3.63) is 46.2 Å². The van der Waals surface area contributed by atoms with Crippen LogP contribution < -0.4 is 21.1 Å². The molecular formula is C21H25N5O3. The summed E-state index contributed by atoms with van der Waals surface area (Å²) in [4.78, 5) is 47.6. The lowest BCUT2D eigenvalue weighted by Crippen LogP contribution is -2.46. The standard InChI is InChI=1S/C21H25N5O3/c1-12-7-6-8-13(2)26(12)21-24-18-17(20(29)25-21)15(11-16(27)23-18)19(28)22-14-9-4-3-5-10-14/h3-5,9-10,12-13,15H,6-8,11H2,1-2H3,(H,22,28)(H2,23,24,25,27,29). The summed E-state index contributed by atoms with van der Waals surface area (Å²) in [5, 5.41) is 5.46. The molecular weight excluding hydrogens is 370 g/mol. The van der Waals surface area contributed by atoms with Crippen LogP contribution in [0.4, 0.5) is 17.5 Å². The predicted octanol–water partition coefficient (Wildman–Crippen LogP) is 2.60. The zero-order chi connectivity index (χ0) is 20.5. The first-order valence-corrected chi connectivity index (χ1v) is 10.0. The number of fused-ring (bicyclic) bond motifs is 1. The van der Waals surface area contributed by atoms with Gasteiger partial charge in [-0.1, -0.05) is 18.2 Å². The summed E-state index contributed by atoms with van der Waals surface area (Å²) >= 11 is 0. The number of carbonyl (C=O) groups excluding carboxylic acids is 2. The second-order valence-corrected chi connectivity index (χ2v) is 7.85. The Morgan fingerprint density at radius 2 is 1.83 bits per heavy atom. The van der Waals surface area contributed by atoms with Crippen molar-refractivity contribution >= 4 is 29.3 Å². The number of rotatable bonds is 3. The molecule has 8 heteroatoms. The summed E-state index contributed by atoms with van der Waals surface area (Å²) in [6.07, 6.45) is 3.07. The van der Waals surface area contributed by atoms with Gasteiger partial charge in [0.1, 0.15) is 5.82 Å². The first-order chi connectivity index (χ1) is 13.9. The molecule has 8 nitrogen and oxygen atoms in total. The molecule has 29 heavy (non-hydrogen) atoms. The van der Waals surface area contributed by atoms with Crippen molar-refractivity contribution in [3.8, 4) is 0 Å². The maximum Gasteiger partial charge on any atom is 0.258 e. The van der Waals surface area contributed by atoms with Gasteiger partial charge in [0.2, 0.25) is 17.8 Å². The van der Waals surface area contributed by atoms with Crippen LogP contribution in [0.5, 0.6) is 0 Å². The fourth-order valence-corrected chi connectivity index (χ4v) is 4.30. The number of piperidine rings is 1. The molecule has 3 N–H and O–H groups in total. The summed E-state index contributed by atoms with van der Waals surface area (Å²) in [7, 11) is 0. The molecule has 0 radical (unpaired) electrons. The van der Waals surface area contributed by atoms with E-state index in [0.29, 0.717) is 11.6 Å². The highest BCUT2D eigenvalue weighted by Crippen LogP contribution is 2.32. The van der Waals surface area contributed by atoms with Crippen LogP contribution in [-0.4, -0.2) is 33.9 Å². The second kappa shape index (κ2) is 7.69. The Bertz CT molecular complexity index is 978. The highest BCUT2D eigenvalue weighted by atomic mass is 16.2. The number of benzene rings is 1. The van der Waals surface area contributed by atoms with E-state index in [2.05, 4.69) is 39.3 Å². The lowest BCUT2D eigenvalue weighted by atomic mass is 9.92. The first kappa shape index (κ1) is 19.2. The molecule has 2 aliphatic heterocycles. The maximum atomic E-state index is 13.0. The van der Waals surface area contributed by atoms with Crippen molar-refractivity contribution < 1.29 is 9.59 Å². The molecule has 152 valence electrons. The van der Waals surface area contributed by atoms with E-state index in [0.717, 1.165) is 19.3 Å². The maximum absolute atomic E-state index is 13.0. The molecule has 4 rings (SSSR count). The number of para-hydroxylation sites is 1. The highest BCUT2D eigenvalue weighted by molar-refractivity contribution is 6.04. The van der Waals surface area contributed by atoms with Crippen LogP contribution in [-0.2, 0) is 9.59 Å². The Labute approximate surface area is 168 Å². The Balaban J connectivity index is 1.69. The van der Waals surface area contributed by atoms with Gasteiger partial charge < -0.3 is 15.5 Å². The molecule has 1 aromatic heterocycles. The summed E-state index contributed by atoms with van der Waals surface area (Å²) < 4.78 is 0. The van der Waals surface area contributed by atoms with Crippen molar-refractivity contribution in [2.45, 2.75) is 57.5 Å². The molecule has 0 aliphatic carbocycles. The second-order valence-electron chi connectivity index (χ2n) is 7.85. The molecule has 2 aliphatic rings. The Kier molecular flexibility index (Phi) is 5.08. The molecule has 0 bridgehead atoms. The van der Waals surface area contributed by atoms with Gasteiger partial charge in [0.25, 0.3) is 5.56 Å². The van der Waals surface area contributed by atoms with Crippen LogP contribution in [0.2, 0.25) is 0 Å². The number of nitrogens with one attached hydrogen (secondary N) is 3.